The number of carbonyl (C=O) groups excluding carboxylic acids is 1. The Morgan fingerprint density at radius 1 is 1.07 bits per heavy atom. The van der Waals surface area contributed by atoms with E-state index in [9.17, 15) is 13.2 Å². The number of hydrogen-bond acceptors (Lipinski definition) is 5. The predicted molar refractivity (Wildman–Crippen MR) is 110 cm³/mol. The molecule has 0 heterocycles. The van der Waals surface area contributed by atoms with Crippen LogP contribution in [-0.2, 0) is 19.6 Å². The second kappa shape index (κ2) is 9.03. The summed E-state index contributed by atoms with van der Waals surface area (Å²) in [7, 11) is -2.83. The van der Waals surface area contributed by atoms with E-state index in [1.165, 1.54) is 19.2 Å². The molecule has 2 aromatic rings. The molecule has 0 saturated heterocycles. The third-order valence-electron chi connectivity index (χ3n) is 4.07. The average Bonchev–Trinajstić information content (AvgIpc) is 2.63. The topological polar surface area (TPSA) is 72.9 Å². The Bertz CT molecular complexity index is 972. The highest BCUT2D eigenvalue weighted by atomic mass is 35.5. The highest BCUT2D eigenvalue weighted by molar-refractivity contribution is 7.93. The summed E-state index contributed by atoms with van der Waals surface area (Å²) < 4.78 is 38.0. The van der Waals surface area contributed by atoms with Crippen LogP contribution in [0.5, 0.6) is 5.75 Å². The summed E-state index contributed by atoms with van der Waals surface area (Å²) in [6.45, 7) is 4.81. The number of halogens is 2. The number of aryl methyl sites for hydroxylation is 2. The van der Waals surface area contributed by atoms with Crippen molar-refractivity contribution >= 4 is 44.9 Å². The Kier molecular flexibility index (Phi) is 7.20. The van der Waals surface area contributed by atoms with Crippen molar-refractivity contribution in [1.29, 1.82) is 0 Å². The number of hydrogen-bond donors (Lipinski definition) is 0. The standard InChI is InChI=1S/C19H21Cl2NO5S/c1-5-27-16(23)11-22(19-12(2)7-6-8-13(19)3)28(24,25)15-10-9-14(26-4)17(20)18(15)21/h6-10H,5,11H2,1-4H3. The molecule has 28 heavy (non-hydrogen) atoms. The Balaban J connectivity index is 2.69. The van der Waals surface area contributed by atoms with E-state index in [2.05, 4.69) is 0 Å². The molecule has 0 spiro atoms. The van der Waals surface area contributed by atoms with Gasteiger partial charge in [0.05, 0.1) is 24.4 Å². The number of rotatable bonds is 7. The molecule has 0 unspecified atom stereocenters. The molecule has 0 aliphatic carbocycles. The second-order valence-electron chi connectivity index (χ2n) is 5.95. The van der Waals surface area contributed by atoms with E-state index in [0.717, 1.165) is 4.31 Å². The van der Waals surface area contributed by atoms with Gasteiger partial charge >= 0.3 is 5.97 Å². The van der Waals surface area contributed by atoms with Crippen LogP contribution in [-0.4, -0.2) is 34.6 Å². The van der Waals surface area contributed by atoms with Crippen LogP contribution in [0.3, 0.4) is 0 Å². The van der Waals surface area contributed by atoms with Crippen LogP contribution >= 0.6 is 23.2 Å². The van der Waals surface area contributed by atoms with Crippen molar-refractivity contribution in [2.45, 2.75) is 25.7 Å². The lowest BCUT2D eigenvalue weighted by Crippen LogP contribution is -2.37. The SMILES string of the molecule is CCOC(=O)CN(c1c(C)cccc1C)S(=O)(=O)c1ccc(OC)c(Cl)c1Cl. The van der Waals surface area contributed by atoms with Crippen molar-refractivity contribution in [1.82, 2.24) is 0 Å². The minimum absolute atomic E-state index is 0.0252. The molecule has 152 valence electrons. The van der Waals surface area contributed by atoms with Gasteiger partial charge in [0.1, 0.15) is 22.2 Å². The van der Waals surface area contributed by atoms with Gasteiger partial charge in [-0.1, -0.05) is 41.4 Å². The lowest BCUT2D eigenvalue weighted by molar-refractivity contribution is -0.141. The molecule has 6 nitrogen and oxygen atoms in total. The summed E-state index contributed by atoms with van der Waals surface area (Å²) in [6.07, 6.45) is 0. The molecule has 0 saturated carbocycles. The molecule has 0 aliphatic heterocycles. The van der Waals surface area contributed by atoms with Crippen molar-refractivity contribution in [2.75, 3.05) is 24.6 Å². The largest absolute Gasteiger partial charge is 0.495 e. The van der Waals surface area contributed by atoms with E-state index in [4.69, 9.17) is 32.7 Å². The number of ether oxygens (including phenoxy) is 2. The number of carbonyl (C=O) groups is 1. The highest BCUT2D eigenvalue weighted by Gasteiger charge is 2.32. The van der Waals surface area contributed by atoms with Gasteiger partial charge in [0.25, 0.3) is 10.0 Å². The van der Waals surface area contributed by atoms with Crippen LogP contribution < -0.4 is 9.04 Å². The summed E-state index contributed by atoms with van der Waals surface area (Å²) >= 11 is 12.4. The molecular weight excluding hydrogens is 425 g/mol. The quantitative estimate of drug-likeness (QED) is 0.591. The smallest absolute Gasteiger partial charge is 0.326 e. The van der Waals surface area contributed by atoms with Gasteiger partial charge in [0.15, 0.2) is 0 Å². The van der Waals surface area contributed by atoms with Crippen LogP contribution in [0, 0.1) is 13.8 Å². The summed E-state index contributed by atoms with van der Waals surface area (Å²) in [5, 5.41) is -0.205. The molecule has 2 rings (SSSR count). The number of benzene rings is 2. The van der Waals surface area contributed by atoms with Gasteiger partial charge in [-0.05, 0) is 44.0 Å². The van der Waals surface area contributed by atoms with Gasteiger partial charge in [-0.2, -0.15) is 0 Å². The number of methoxy groups -OCH3 is 1. The monoisotopic (exact) mass is 445 g/mol. The zero-order valence-corrected chi connectivity index (χ0v) is 18.3. The van der Waals surface area contributed by atoms with Crippen LogP contribution in [0.1, 0.15) is 18.1 Å². The Labute approximate surface area is 175 Å². The predicted octanol–water partition coefficient (Wildman–Crippen LogP) is 4.38. The van der Waals surface area contributed by atoms with E-state index in [1.54, 1.807) is 39.0 Å². The lowest BCUT2D eigenvalue weighted by atomic mass is 10.1. The number of esters is 1. The zero-order valence-electron chi connectivity index (χ0n) is 16.0. The molecule has 0 fully saturated rings. The molecule has 0 radical (unpaired) electrons. The first-order valence-electron chi connectivity index (χ1n) is 8.41. The van der Waals surface area contributed by atoms with E-state index in [0.29, 0.717) is 16.8 Å². The van der Waals surface area contributed by atoms with Gasteiger partial charge in [-0.3, -0.25) is 9.10 Å². The van der Waals surface area contributed by atoms with Crippen molar-refractivity contribution in [3.8, 4) is 5.75 Å². The number of sulfonamides is 1. The first kappa shape index (κ1) is 22.3. The minimum Gasteiger partial charge on any atom is -0.495 e. The summed E-state index contributed by atoms with van der Waals surface area (Å²) in [6, 6.07) is 8.04. The fourth-order valence-electron chi connectivity index (χ4n) is 2.80. The van der Waals surface area contributed by atoms with E-state index >= 15 is 0 Å². The van der Waals surface area contributed by atoms with Crippen molar-refractivity contribution in [2.24, 2.45) is 0 Å². The normalized spacial score (nSPS) is 11.2. The first-order valence-corrected chi connectivity index (χ1v) is 10.6. The van der Waals surface area contributed by atoms with Crippen molar-refractivity contribution < 1.29 is 22.7 Å². The van der Waals surface area contributed by atoms with Gasteiger partial charge in [-0.25, -0.2) is 8.42 Å². The molecule has 0 aromatic heterocycles. The molecule has 0 amide bonds. The minimum atomic E-state index is -4.23. The first-order chi connectivity index (χ1) is 13.1. The van der Waals surface area contributed by atoms with Gasteiger partial charge in [0, 0.05) is 0 Å². The molecule has 0 bridgehead atoms. The Hall–Kier alpha value is -1.96. The summed E-state index contributed by atoms with van der Waals surface area (Å²) in [5.41, 5.74) is 1.76. The number of para-hydroxylation sites is 1. The molecule has 0 aliphatic rings. The van der Waals surface area contributed by atoms with Crippen LogP contribution in [0.4, 0.5) is 5.69 Å². The van der Waals surface area contributed by atoms with Crippen molar-refractivity contribution in [3.05, 3.63) is 51.5 Å². The van der Waals surface area contributed by atoms with Gasteiger partial charge in [-0.15, -0.1) is 0 Å². The van der Waals surface area contributed by atoms with E-state index in [1.807, 2.05) is 0 Å². The molecule has 0 N–H and O–H groups in total. The van der Waals surface area contributed by atoms with Crippen molar-refractivity contribution in [3.63, 3.8) is 0 Å². The van der Waals surface area contributed by atoms with E-state index < -0.39 is 22.5 Å². The van der Waals surface area contributed by atoms with Crippen LogP contribution in [0.25, 0.3) is 0 Å². The van der Waals surface area contributed by atoms with Crippen LogP contribution in [0.15, 0.2) is 35.2 Å². The third kappa shape index (κ3) is 4.37. The number of anilines is 1. The fraction of sp³-hybridized carbons (Fsp3) is 0.316. The second-order valence-corrected chi connectivity index (χ2v) is 8.54. The Morgan fingerprint density at radius 3 is 2.21 bits per heavy atom. The summed E-state index contributed by atoms with van der Waals surface area (Å²) in [4.78, 5) is 11.9. The fourth-order valence-corrected chi connectivity index (χ4v) is 5.15. The van der Waals surface area contributed by atoms with E-state index in [-0.39, 0.29) is 27.3 Å². The molecule has 2 aromatic carbocycles. The maximum Gasteiger partial charge on any atom is 0.326 e. The maximum absolute atomic E-state index is 13.5. The molecular formula is C19H21Cl2NO5S. The lowest BCUT2D eigenvalue weighted by Gasteiger charge is -2.27. The molecule has 9 heteroatoms. The summed E-state index contributed by atoms with van der Waals surface area (Å²) in [5.74, 6) is -0.431. The van der Waals surface area contributed by atoms with Gasteiger partial charge < -0.3 is 9.47 Å². The number of nitrogens with zero attached hydrogens (tertiary/aromatic N) is 1. The third-order valence-corrected chi connectivity index (χ3v) is 6.83. The highest BCUT2D eigenvalue weighted by Crippen LogP contribution is 2.39. The maximum atomic E-state index is 13.5. The average molecular weight is 446 g/mol. The van der Waals surface area contributed by atoms with Crippen LogP contribution in [0.2, 0.25) is 10.0 Å². The van der Waals surface area contributed by atoms with Gasteiger partial charge in [0.2, 0.25) is 0 Å². The Morgan fingerprint density at radius 2 is 1.68 bits per heavy atom. The zero-order chi connectivity index (χ0) is 21.1. The molecule has 0 atom stereocenters.